The molecule has 1 N–H and O–H groups in total. The highest BCUT2D eigenvalue weighted by Crippen LogP contribution is 2.21. The summed E-state index contributed by atoms with van der Waals surface area (Å²) in [7, 11) is 0. The van der Waals surface area contributed by atoms with Crippen LogP contribution < -0.4 is 9.88 Å². The summed E-state index contributed by atoms with van der Waals surface area (Å²) in [5.74, 6) is -0.0967. The molecule has 1 aromatic carbocycles. The number of hydrogen-bond donors (Lipinski definition) is 1. The minimum atomic E-state index is -0.410. The number of carbonyl (C=O) groups excluding carboxylic acids is 1. The first-order chi connectivity index (χ1) is 11.0. The van der Waals surface area contributed by atoms with E-state index in [0.717, 1.165) is 18.4 Å². The van der Waals surface area contributed by atoms with Crippen LogP contribution in [0.15, 0.2) is 42.7 Å². The van der Waals surface area contributed by atoms with Crippen LogP contribution in [0.1, 0.15) is 43.7 Å². The second kappa shape index (κ2) is 7.86. The van der Waals surface area contributed by atoms with E-state index in [9.17, 15) is 9.18 Å². The largest absolute Gasteiger partial charge is 0.318 e. The zero-order valence-corrected chi connectivity index (χ0v) is 14.0. The molecule has 0 radical (unpaired) electrons. The van der Waals surface area contributed by atoms with E-state index < -0.39 is 5.82 Å². The average Bonchev–Trinajstić information content (AvgIpc) is 2.53. The maximum absolute atomic E-state index is 13.7. The highest BCUT2D eigenvalue weighted by atomic mass is 19.1. The van der Waals surface area contributed by atoms with Crippen LogP contribution in [0, 0.1) is 12.7 Å². The van der Waals surface area contributed by atoms with Gasteiger partial charge in [0.25, 0.3) is 5.91 Å². The Hall–Kier alpha value is -2.23. The molecule has 0 saturated heterocycles. The molecular formula is C19H24FN2O+. The molecule has 0 unspecified atom stereocenters. The van der Waals surface area contributed by atoms with Gasteiger partial charge < -0.3 is 5.32 Å². The number of benzene rings is 1. The Bertz CT molecular complexity index is 664. The molecule has 1 amide bonds. The van der Waals surface area contributed by atoms with Gasteiger partial charge in [0.2, 0.25) is 6.54 Å². The Kier molecular flexibility index (Phi) is 5.85. The van der Waals surface area contributed by atoms with E-state index in [1.165, 1.54) is 11.6 Å². The summed E-state index contributed by atoms with van der Waals surface area (Å²) in [6.07, 6.45) is 6.01. The van der Waals surface area contributed by atoms with Gasteiger partial charge in [-0.2, -0.15) is 4.57 Å². The van der Waals surface area contributed by atoms with E-state index in [-0.39, 0.29) is 18.1 Å². The number of amides is 1. The van der Waals surface area contributed by atoms with Gasteiger partial charge >= 0.3 is 0 Å². The zero-order chi connectivity index (χ0) is 16.8. The van der Waals surface area contributed by atoms with Gasteiger partial charge in [-0.15, -0.1) is 0 Å². The first-order valence-electron chi connectivity index (χ1n) is 8.08. The molecule has 3 nitrogen and oxygen atoms in total. The molecule has 1 aromatic heterocycles. The monoisotopic (exact) mass is 315 g/mol. The maximum atomic E-state index is 13.7. The Morgan fingerprint density at radius 3 is 2.39 bits per heavy atom. The average molecular weight is 315 g/mol. The van der Waals surface area contributed by atoms with Crippen LogP contribution in [0.4, 0.5) is 10.1 Å². The van der Waals surface area contributed by atoms with Crippen LogP contribution in [-0.4, -0.2) is 5.91 Å². The summed E-state index contributed by atoms with van der Waals surface area (Å²) < 4.78 is 15.5. The van der Waals surface area contributed by atoms with Crippen molar-refractivity contribution >= 4 is 11.6 Å². The van der Waals surface area contributed by atoms with Crippen LogP contribution in [0.25, 0.3) is 0 Å². The van der Waals surface area contributed by atoms with E-state index in [2.05, 4.69) is 31.3 Å². The van der Waals surface area contributed by atoms with E-state index in [1.807, 2.05) is 19.3 Å². The molecule has 4 heteroatoms. The summed E-state index contributed by atoms with van der Waals surface area (Å²) in [5.41, 5.74) is 2.33. The summed E-state index contributed by atoms with van der Waals surface area (Å²) in [4.78, 5) is 12.1. The van der Waals surface area contributed by atoms with Gasteiger partial charge in [-0.3, -0.25) is 4.79 Å². The van der Waals surface area contributed by atoms with E-state index in [0.29, 0.717) is 5.92 Å². The minimum Gasteiger partial charge on any atom is -0.318 e. The predicted octanol–water partition coefficient (Wildman–Crippen LogP) is 3.96. The number of carbonyl (C=O) groups is 1. The van der Waals surface area contributed by atoms with Crippen molar-refractivity contribution < 1.29 is 13.8 Å². The second-order valence-electron chi connectivity index (χ2n) is 5.85. The van der Waals surface area contributed by atoms with Gasteiger partial charge in [0, 0.05) is 12.1 Å². The van der Waals surface area contributed by atoms with Crippen LogP contribution in [0.5, 0.6) is 0 Å². The summed E-state index contributed by atoms with van der Waals surface area (Å²) in [5, 5.41) is 2.61. The molecule has 0 fully saturated rings. The maximum Gasteiger partial charge on any atom is 0.290 e. The molecule has 0 atom stereocenters. The van der Waals surface area contributed by atoms with Crippen molar-refractivity contribution in [2.75, 3.05) is 5.32 Å². The SMILES string of the molecule is CCC(CC)c1cc[n+](CC(=O)Nc2ccc(C)cc2F)cc1. The van der Waals surface area contributed by atoms with Crippen molar-refractivity contribution in [3.63, 3.8) is 0 Å². The highest BCUT2D eigenvalue weighted by molar-refractivity contribution is 5.89. The van der Waals surface area contributed by atoms with Crippen LogP contribution in [-0.2, 0) is 11.3 Å². The quantitative estimate of drug-likeness (QED) is 0.804. The molecule has 23 heavy (non-hydrogen) atoms. The molecule has 0 aliphatic carbocycles. The molecule has 2 rings (SSSR count). The lowest BCUT2D eigenvalue weighted by molar-refractivity contribution is -0.684. The number of hydrogen-bond acceptors (Lipinski definition) is 1. The van der Waals surface area contributed by atoms with Gasteiger partial charge in [-0.1, -0.05) is 19.9 Å². The standard InChI is InChI=1S/C19H23FN2O/c1-4-15(5-2)16-8-10-22(11-9-16)13-19(23)21-18-7-6-14(3)12-17(18)20/h6-12,15H,4-5,13H2,1-3H3/p+1. The Labute approximate surface area is 137 Å². The molecular weight excluding hydrogens is 291 g/mol. The molecule has 122 valence electrons. The van der Waals surface area contributed by atoms with E-state index in [4.69, 9.17) is 0 Å². The highest BCUT2D eigenvalue weighted by Gasteiger charge is 2.13. The number of nitrogens with zero attached hydrogens (tertiary/aromatic N) is 1. The molecule has 1 heterocycles. The normalized spacial score (nSPS) is 10.8. The van der Waals surface area contributed by atoms with E-state index >= 15 is 0 Å². The summed E-state index contributed by atoms with van der Waals surface area (Å²) >= 11 is 0. The van der Waals surface area contributed by atoms with Gasteiger partial charge in [-0.25, -0.2) is 4.39 Å². The number of halogens is 1. The first kappa shape index (κ1) is 17.1. The lowest BCUT2D eigenvalue weighted by Crippen LogP contribution is -2.39. The lowest BCUT2D eigenvalue weighted by Gasteiger charge is -2.11. The molecule has 2 aromatic rings. The third-order valence-electron chi connectivity index (χ3n) is 4.10. The fourth-order valence-electron chi connectivity index (χ4n) is 2.68. The third kappa shape index (κ3) is 4.62. The predicted molar refractivity (Wildman–Crippen MR) is 89.7 cm³/mol. The van der Waals surface area contributed by atoms with Crippen molar-refractivity contribution in [1.29, 1.82) is 0 Å². The fraction of sp³-hybridized carbons (Fsp3) is 0.368. The first-order valence-corrected chi connectivity index (χ1v) is 8.08. The van der Waals surface area contributed by atoms with Gasteiger partial charge in [0.1, 0.15) is 5.82 Å². The van der Waals surface area contributed by atoms with Crippen LogP contribution in [0.2, 0.25) is 0 Å². The van der Waals surface area contributed by atoms with Gasteiger partial charge in [-0.05, 0) is 48.9 Å². The van der Waals surface area contributed by atoms with Crippen molar-refractivity contribution in [3.05, 3.63) is 59.7 Å². The Morgan fingerprint density at radius 1 is 1.17 bits per heavy atom. The van der Waals surface area contributed by atoms with Gasteiger partial charge in [0.05, 0.1) is 5.69 Å². The fourth-order valence-corrected chi connectivity index (χ4v) is 2.68. The minimum absolute atomic E-state index is 0.163. The second-order valence-corrected chi connectivity index (χ2v) is 5.85. The van der Waals surface area contributed by atoms with E-state index in [1.54, 1.807) is 16.7 Å². The third-order valence-corrected chi connectivity index (χ3v) is 4.10. The lowest BCUT2D eigenvalue weighted by atomic mass is 9.95. The molecule has 0 aliphatic heterocycles. The number of nitrogens with one attached hydrogen (secondary N) is 1. The molecule has 0 aliphatic rings. The van der Waals surface area contributed by atoms with Crippen LogP contribution in [0.3, 0.4) is 0 Å². The summed E-state index contributed by atoms with van der Waals surface area (Å²) in [6, 6.07) is 8.88. The molecule has 0 saturated carbocycles. The smallest absolute Gasteiger partial charge is 0.290 e. The van der Waals surface area contributed by atoms with Crippen molar-refractivity contribution in [2.24, 2.45) is 0 Å². The number of aryl methyl sites for hydroxylation is 1. The summed E-state index contributed by atoms with van der Waals surface area (Å²) in [6.45, 7) is 6.33. The molecule has 0 bridgehead atoms. The van der Waals surface area contributed by atoms with Crippen molar-refractivity contribution in [3.8, 4) is 0 Å². The van der Waals surface area contributed by atoms with Crippen molar-refractivity contribution in [1.82, 2.24) is 0 Å². The number of aromatic nitrogens is 1. The Balaban J connectivity index is 2.00. The number of pyridine rings is 1. The van der Waals surface area contributed by atoms with Crippen LogP contribution >= 0.6 is 0 Å². The zero-order valence-electron chi connectivity index (χ0n) is 14.0. The van der Waals surface area contributed by atoms with Gasteiger partial charge in [0.15, 0.2) is 12.4 Å². The van der Waals surface area contributed by atoms with Crippen molar-refractivity contribution in [2.45, 2.75) is 46.1 Å². The number of anilines is 1. The Morgan fingerprint density at radius 2 is 1.83 bits per heavy atom. The topological polar surface area (TPSA) is 33.0 Å². The number of rotatable bonds is 6. The molecule has 0 spiro atoms.